The predicted molar refractivity (Wildman–Crippen MR) is 58.8 cm³/mol. The van der Waals surface area contributed by atoms with Crippen molar-refractivity contribution in [2.24, 2.45) is 0 Å². The number of aromatic nitrogens is 2. The molecule has 0 aromatic carbocycles. The molecule has 6 heteroatoms. The number of aliphatic hydroxyl groups is 1. The summed E-state index contributed by atoms with van der Waals surface area (Å²) in [7, 11) is -3.20. The summed E-state index contributed by atoms with van der Waals surface area (Å²) in [4.78, 5) is 0.213. The molecule has 0 amide bonds. The Labute approximate surface area is 95.0 Å². The van der Waals surface area contributed by atoms with Gasteiger partial charge in [0.25, 0.3) is 0 Å². The Morgan fingerprint density at radius 3 is 2.69 bits per heavy atom. The standard InChI is InChI=1S/C10H16N2O3S/c1-16(14,15)8-6-11-12(7-8)9-4-2-3-5-10(9)13/h6-7,9-10,13H,2-5H2,1H3/t9-,10-/m1/s1. The van der Waals surface area contributed by atoms with Gasteiger partial charge in [-0.3, -0.25) is 4.68 Å². The molecule has 2 rings (SSSR count). The molecule has 1 aromatic heterocycles. The van der Waals surface area contributed by atoms with Crippen LogP contribution >= 0.6 is 0 Å². The van der Waals surface area contributed by atoms with E-state index in [2.05, 4.69) is 5.10 Å². The van der Waals surface area contributed by atoms with Crippen LogP contribution in [0.2, 0.25) is 0 Å². The van der Waals surface area contributed by atoms with Crippen LogP contribution in [-0.2, 0) is 9.84 Å². The van der Waals surface area contributed by atoms with Gasteiger partial charge in [0, 0.05) is 12.5 Å². The Kier molecular flexibility index (Phi) is 3.03. The van der Waals surface area contributed by atoms with E-state index in [0.717, 1.165) is 31.9 Å². The first kappa shape index (κ1) is 11.6. The van der Waals surface area contributed by atoms with Crippen LogP contribution in [0.1, 0.15) is 31.7 Å². The maximum absolute atomic E-state index is 11.3. The quantitative estimate of drug-likeness (QED) is 0.833. The van der Waals surface area contributed by atoms with Crippen molar-refractivity contribution < 1.29 is 13.5 Å². The number of hydrogen-bond donors (Lipinski definition) is 1. The smallest absolute Gasteiger partial charge is 0.178 e. The van der Waals surface area contributed by atoms with Crippen LogP contribution < -0.4 is 0 Å². The number of hydrogen-bond acceptors (Lipinski definition) is 4. The van der Waals surface area contributed by atoms with Gasteiger partial charge in [0.15, 0.2) is 9.84 Å². The first-order valence-electron chi connectivity index (χ1n) is 5.41. The van der Waals surface area contributed by atoms with Crippen molar-refractivity contribution >= 4 is 9.84 Å². The topological polar surface area (TPSA) is 72.2 Å². The summed E-state index contributed by atoms with van der Waals surface area (Å²) in [5, 5.41) is 13.9. The summed E-state index contributed by atoms with van der Waals surface area (Å²) >= 11 is 0. The Morgan fingerprint density at radius 1 is 1.44 bits per heavy atom. The minimum atomic E-state index is -3.20. The molecule has 1 saturated carbocycles. The molecule has 1 aromatic rings. The SMILES string of the molecule is CS(=O)(=O)c1cnn([C@@H]2CCCC[C@H]2O)c1. The zero-order valence-corrected chi connectivity index (χ0v) is 10.0. The fourth-order valence-corrected chi connectivity index (χ4v) is 2.63. The minimum Gasteiger partial charge on any atom is -0.391 e. The number of sulfone groups is 1. The van der Waals surface area contributed by atoms with Gasteiger partial charge in [0.2, 0.25) is 0 Å². The molecule has 16 heavy (non-hydrogen) atoms. The molecule has 0 spiro atoms. The highest BCUT2D eigenvalue weighted by molar-refractivity contribution is 7.90. The second-order valence-corrected chi connectivity index (χ2v) is 6.36. The lowest BCUT2D eigenvalue weighted by Gasteiger charge is -2.27. The highest BCUT2D eigenvalue weighted by Crippen LogP contribution is 2.28. The van der Waals surface area contributed by atoms with Crippen molar-refractivity contribution in [3.63, 3.8) is 0 Å². The van der Waals surface area contributed by atoms with Gasteiger partial charge in [-0.2, -0.15) is 5.10 Å². The van der Waals surface area contributed by atoms with E-state index in [-0.39, 0.29) is 10.9 Å². The molecular weight excluding hydrogens is 228 g/mol. The third-order valence-electron chi connectivity index (χ3n) is 3.04. The fourth-order valence-electron chi connectivity index (χ4n) is 2.09. The minimum absolute atomic E-state index is 0.0794. The van der Waals surface area contributed by atoms with Crippen LogP contribution in [0.15, 0.2) is 17.3 Å². The lowest BCUT2D eigenvalue weighted by Crippen LogP contribution is -2.27. The lowest BCUT2D eigenvalue weighted by atomic mass is 9.93. The van der Waals surface area contributed by atoms with Crippen LogP contribution in [0.5, 0.6) is 0 Å². The van der Waals surface area contributed by atoms with Gasteiger partial charge in [0.05, 0.1) is 18.3 Å². The van der Waals surface area contributed by atoms with E-state index < -0.39 is 15.9 Å². The number of rotatable bonds is 2. The normalized spacial score (nSPS) is 26.9. The average Bonchev–Trinajstić information content (AvgIpc) is 2.66. The molecule has 0 saturated heterocycles. The Balaban J connectivity index is 2.24. The zero-order chi connectivity index (χ0) is 11.8. The van der Waals surface area contributed by atoms with E-state index in [1.165, 1.54) is 12.4 Å². The summed E-state index contributed by atoms with van der Waals surface area (Å²) in [6.07, 6.45) is 7.29. The molecule has 1 heterocycles. The molecule has 5 nitrogen and oxygen atoms in total. The summed E-state index contributed by atoms with van der Waals surface area (Å²) in [5.41, 5.74) is 0. The van der Waals surface area contributed by atoms with E-state index in [9.17, 15) is 13.5 Å². The number of nitrogens with zero attached hydrogens (tertiary/aromatic N) is 2. The molecule has 0 bridgehead atoms. The molecule has 2 atom stereocenters. The second-order valence-electron chi connectivity index (χ2n) is 4.35. The van der Waals surface area contributed by atoms with Crippen molar-refractivity contribution in [3.8, 4) is 0 Å². The van der Waals surface area contributed by atoms with Crippen molar-refractivity contribution in [1.29, 1.82) is 0 Å². The van der Waals surface area contributed by atoms with Crippen LogP contribution in [0.4, 0.5) is 0 Å². The summed E-state index contributed by atoms with van der Waals surface area (Å²) in [6.45, 7) is 0. The second kappa shape index (κ2) is 4.18. The number of aliphatic hydroxyl groups excluding tert-OH is 1. The molecule has 0 radical (unpaired) electrons. The predicted octanol–water partition coefficient (Wildman–Crippen LogP) is 0.763. The maximum atomic E-state index is 11.3. The van der Waals surface area contributed by atoms with Gasteiger partial charge in [-0.05, 0) is 12.8 Å². The summed E-state index contributed by atoms with van der Waals surface area (Å²) in [6, 6.07) is -0.0794. The molecule has 90 valence electrons. The van der Waals surface area contributed by atoms with Gasteiger partial charge in [-0.25, -0.2) is 8.42 Å². The van der Waals surface area contributed by atoms with Gasteiger partial charge in [-0.15, -0.1) is 0 Å². The van der Waals surface area contributed by atoms with E-state index in [1.807, 2.05) is 0 Å². The van der Waals surface area contributed by atoms with E-state index >= 15 is 0 Å². The van der Waals surface area contributed by atoms with Crippen LogP contribution in [0, 0.1) is 0 Å². The van der Waals surface area contributed by atoms with Gasteiger partial charge < -0.3 is 5.11 Å². The van der Waals surface area contributed by atoms with Crippen molar-refractivity contribution in [3.05, 3.63) is 12.4 Å². The highest BCUT2D eigenvalue weighted by atomic mass is 32.2. The van der Waals surface area contributed by atoms with Gasteiger partial charge in [-0.1, -0.05) is 12.8 Å². The van der Waals surface area contributed by atoms with E-state index in [1.54, 1.807) is 4.68 Å². The maximum Gasteiger partial charge on any atom is 0.178 e. The van der Waals surface area contributed by atoms with Crippen LogP contribution in [-0.4, -0.2) is 35.7 Å². The third kappa shape index (κ3) is 2.27. The van der Waals surface area contributed by atoms with Crippen LogP contribution in [0.3, 0.4) is 0 Å². The van der Waals surface area contributed by atoms with Crippen molar-refractivity contribution in [2.75, 3.05) is 6.26 Å². The monoisotopic (exact) mass is 244 g/mol. The molecular formula is C10H16N2O3S. The first-order valence-corrected chi connectivity index (χ1v) is 7.30. The van der Waals surface area contributed by atoms with E-state index in [0.29, 0.717) is 0 Å². The molecule has 1 aliphatic rings. The highest BCUT2D eigenvalue weighted by Gasteiger charge is 2.25. The average molecular weight is 244 g/mol. The largest absolute Gasteiger partial charge is 0.391 e. The summed E-state index contributed by atoms with van der Waals surface area (Å²) in [5.74, 6) is 0. The fraction of sp³-hybridized carbons (Fsp3) is 0.700. The molecule has 1 fully saturated rings. The van der Waals surface area contributed by atoms with Crippen molar-refractivity contribution in [2.45, 2.75) is 42.7 Å². The van der Waals surface area contributed by atoms with E-state index in [4.69, 9.17) is 0 Å². The molecule has 0 unspecified atom stereocenters. The third-order valence-corrected chi connectivity index (χ3v) is 4.11. The summed E-state index contributed by atoms with van der Waals surface area (Å²) < 4.78 is 24.2. The Morgan fingerprint density at radius 2 is 2.12 bits per heavy atom. The lowest BCUT2D eigenvalue weighted by molar-refractivity contribution is 0.0693. The Hall–Kier alpha value is -0.880. The van der Waals surface area contributed by atoms with Gasteiger partial charge >= 0.3 is 0 Å². The first-order chi connectivity index (χ1) is 7.48. The molecule has 0 aliphatic heterocycles. The van der Waals surface area contributed by atoms with Crippen LogP contribution in [0.25, 0.3) is 0 Å². The van der Waals surface area contributed by atoms with Gasteiger partial charge in [0.1, 0.15) is 4.90 Å². The molecule has 1 aliphatic carbocycles. The zero-order valence-electron chi connectivity index (χ0n) is 9.20. The van der Waals surface area contributed by atoms with Crippen molar-refractivity contribution in [1.82, 2.24) is 9.78 Å². The molecule has 1 N–H and O–H groups in total. The Bertz CT molecular complexity index is 466.